The van der Waals surface area contributed by atoms with Crippen LogP contribution in [-0.4, -0.2) is 23.1 Å². The van der Waals surface area contributed by atoms with Crippen LogP contribution in [0.3, 0.4) is 0 Å². The summed E-state index contributed by atoms with van der Waals surface area (Å²) in [4.78, 5) is 8.17. The zero-order chi connectivity index (χ0) is 11.8. The lowest BCUT2D eigenvalue weighted by Gasteiger charge is -2.11. The number of nitrogens with two attached hydrogens (primary N) is 1. The molecule has 4 heteroatoms. The predicted octanol–water partition coefficient (Wildman–Crippen LogP) is 1.79. The van der Waals surface area contributed by atoms with Gasteiger partial charge in [-0.1, -0.05) is 20.3 Å². The average molecular weight is 223 g/mol. The molecule has 90 valence electrons. The van der Waals surface area contributed by atoms with Gasteiger partial charge in [-0.3, -0.25) is 0 Å². The fourth-order valence-corrected chi connectivity index (χ4v) is 1.41. The lowest BCUT2D eigenvalue weighted by Crippen LogP contribution is -2.12. The predicted molar refractivity (Wildman–Crippen MR) is 64.4 cm³/mol. The highest BCUT2D eigenvalue weighted by molar-refractivity contribution is 5.22. The number of hydrogen-bond acceptors (Lipinski definition) is 4. The molecule has 1 aromatic heterocycles. The molecule has 16 heavy (non-hydrogen) atoms. The lowest BCUT2D eigenvalue weighted by molar-refractivity contribution is 0.310. The van der Waals surface area contributed by atoms with E-state index in [1.54, 1.807) is 0 Å². The summed E-state index contributed by atoms with van der Waals surface area (Å²) in [6.45, 7) is 5.48. The Kier molecular flexibility index (Phi) is 5.78. The van der Waals surface area contributed by atoms with Crippen molar-refractivity contribution in [2.24, 2.45) is 11.7 Å². The zero-order valence-electron chi connectivity index (χ0n) is 10.1. The number of hydrogen-bond donors (Lipinski definition) is 1. The van der Waals surface area contributed by atoms with Crippen molar-refractivity contribution >= 4 is 0 Å². The third kappa shape index (κ3) is 4.14. The minimum Gasteiger partial charge on any atom is -0.476 e. The van der Waals surface area contributed by atoms with E-state index in [0.717, 1.165) is 24.3 Å². The summed E-state index contributed by atoms with van der Waals surface area (Å²) in [6, 6.07) is 0. The van der Waals surface area contributed by atoms with Crippen LogP contribution in [0.2, 0.25) is 0 Å². The van der Waals surface area contributed by atoms with Crippen LogP contribution in [0.5, 0.6) is 5.88 Å². The van der Waals surface area contributed by atoms with Crippen LogP contribution in [0, 0.1) is 5.92 Å². The van der Waals surface area contributed by atoms with Gasteiger partial charge in [0.15, 0.2) is 0 Å². The molecule has 1 heterocycles. The quantitative estimate of drug-likeness (QED) is 0.765. The van der Waals surface area contributed by atoms with Crippen LogP contribution >= 0.6 is 0 Å². The summed E-state index contributed by atoms with van der Waals surface area (Å²) in [6.07, 6.45) is 6.66. The molecule has 0 aliphatic heterocycles. The Morgan fingerprint density at radius 3 is 3.00 bits per heavy atom. The molecule has 0 bridgehead atoms. The number of aryl methyl sites for hydroxylation is 1. The van der Waals surface area contributed by atoms with Gasteiger partial charge >= 0.3 is 0 Å². The zero-order valence-corrected chi connectivity index (χ0v) is 10.1. The van der Waals surface area contributed by atoms with Gasteiger partial charge in [0.25, 0.3) is 0 Å². The molecule has 0 aromatic carbocycles. The molecule has 1 aromatic rings. The molecule has 1 rings (SSSR count). The molecule has 2 N–H and O–H groups in total. The molecule has 1 atom stereocenters. The normalized spacial score (nSPS) is 12.4. The topological polar surface area (TPSA) is 61.0 Å². The van der Waals surface area contributed by atoms with E-state index in [4.69, 9.17) is 10.5 Å². The number of rotatable bonds is 7. The van der Waals surface area contributed by atoms with Crippen LogP contribution in [-0.2, 0) is 6.42 Å². The molecule has 0 aliphatic rings. The van der Waals surface area contributed by atoms with Gasteiger partial charge in [0.2, 0.25) is 5.88 Å². The summed E-state index contributed by atoms with van der Waals surface area (Å²) in [5.41, 5.74) is 6.48. The first-order valence-electron chi connectivity index (χ1n) is 5.89. The van der Waals surface area contributed by atoms with E-state index in [2.05, 4.69) is 23.8 Å². The smallest absolute Gasteiger partial charge is 0.219 e. The van der Waals surface area contributed by atoms with E-state index in [-0.39, 0.29) is 0 Å². The van der Waals surface area contributed by atoms with Gasteiger partial charge in [0.05, 0.1) is 0 Å². The Labute approximate surface area is 97.2 Å². The Morgan fingerprint density at radius 1 is 1.50 bits per heavy atom. The van der Waals surface area contributed by atoms with Crippen LogP contribution in [0.4, 0.5) is 0 Å². The largest absolute Gasteiger partial charge is 0.476 e. The first kappa shape index (κ1) is 12.9. The first-order valence-corrected chi connectivity index (χ1v) is 5.89. The van der Waals surface area contributed by atoms with E-state index >= 15 is 0 Å². The van der Waals surface area contributed by atoms with E-state index in [0.29, 0.717) is 19.0 Å². The van der Waals surface area contributed by atoms with Crippen LogP contribution < -0.4 is 10.5 Å². The average Bonchev–Trinajstić information content (AvgIpc) is 2.34. The van der Waals surface area contributed by atoms with Gasteiger partial charge < -0.3 is 10.5 Å². The molecule has 0 amide bonds. The van der Waals surface area contributed by atoms with Gasteiger partial charge in [0.1, 0.15) is 12.9 Å². The lowest BCUT2D eigenvalue weighted by atomic mass is 10.0. The van der Waals surface area contributed by atoms with E-state index in [1.165, 1.54) is 12.7 Å². The second kappa shape index (κ2) is 7.17. The highest BCUT2D eigenvalue weighted by Crippen LogP contribution is 2.18. The first-order chi connectivity index (χ1) is 7.77. The molecule has 0 radical (unpaired) electrons. The molecule has 0 spiro atoms. The SMILES string of the molecule is CCC(C)CCc1cncnc1OCCN. The highest BCUT2D eigenvalue weighted by Gasteiger charge is 2.07. The molecule has 0 aliphatic carbocycles. The minimum absolute atomic E-state index is 0.507. The third-order valence-electron chi connectivity index (χ3n) is 2.71. The number of nitrogens with zero attached hydrogens (tertiary/aromatic N) is 2. The molecular formula is C12H21N3O. The maximum absolute atomic E-state index is 5.48. The maximum atomic E-state index is 5.48. The van der Waals surface area contributed by atoms with Gasteiger partial charge in [-0.15, -0.1) is 0 Å². The second-order valence-electron chi connectivity index (χ2n) is 4.04. The van der Waals surface area contributed by atoms with Crippen LogP contribution in [0.15, 0.2) is 12.5 Å². The standard InChI is InChI=1S/C12H21N3O/c1-3-10(2)4-5-11-8-14-9-15-12(11)16-7-6-13/h8-10H,3-7,13H2,1-2H3. The monoisotopic (exact) mass is 223 g/mol. The van der Waals surface area contributed by atoms with Crippen LogP contribution in [0.25, 0.3) is 0 Å². The fraction of sp³-hybridized carbons (Fsp3) is 0.667. The highest BCUT2D eigenvalue weighted by atomic mass is 16.5. The minimum atomic E-state index is 0.507. The molecule has 1 unspecified atom stereocenters. The molecule has 4 nitrogen and oxygen atoms in total. The summed E-state index contributed by atoms with van der Waals surface area (Å²) in [5, 5.41) is 0. The van der Waals surface area contributed by atoms with Crippen molar-refractivity contribution in [1.29, 1.82) is 0 Å². The van der Waals surface area contributed by atoms with Crippen molar-refractivity contribution in [3.63, 3.8) is 0 Å². The Hall–Kier alpha value is -1.16. The van der Waals surface area contributed by atoms with Crippen molar-refractivity contribution in [3.05, 3.63) is 18.1 Å². The van der Waals surface area contributed by atoms with Crippen molar-refractivity contribution in [2.75, 3.05) is 13.2 Å². The fourth-order valence-electron chi connectivity index (χ4n) is 1.41. The summed E-state index contributed by atoms with van der Waals surface area (Å²) in [7, 11) is 0. The van der Waals surface area contributed by atoms with E-state index < -0.39 is 0 Å². The summed E-state index contributed by atoms with van der Waals surface area (Å²) < 4.78 is 5.48. The molecule has 0 saturated heterocycles. The number of aromatic nitrogens is 2. The third-order valence-corrected chi connectivity index (χ3v) is 2.71. The molecule has 0 fully saturated rings. The second-order valence-corrected chi connectivity index (χ2v) is 4.04. The van der Waals surface area contributed by atoms with E-state index in [9.17, 15) is 0 Å². The molecular weight excluding hydrogens is 202 g/mol. The summed E-state index contributed by atoms with van der Waals surface area (Å²) >= 11 is 0. The summed E-state index contributed by atoms with van der Waals surface area (Å²) in [5.74, 6) is 1.41. The van der Waals surface area contributed by atoms with Crippen molar-refractivity contribution in [2.45, 2.75) is 33.1 Å². The Morgan fingerprint density at radius 2 is 2.31 bits per heavy atom. The van der Waals surface area contributed by atoms with E-state index in [1.807, 2.05) is 6.20 Å². The molecule has 0 saturated carbocycles. The maximum Gasteiger partial charge on any atom is 0.219 e. The van der Waals surface area contributed by atoms with Crippen molar-refractivity contribution in [3.8, 4) is 5.88 Å². The Bertz CT molecular complexity index is 304. The van der Waals surface area contributed by atoms with Crippen molar-refractivity contribution < 1.29 is 4.74 Å². The van der Waals surface area contributed by atoms with Gasteiger partial charge in [-0.25, -0.2) is 9.97 Å². The van der Waals surface area contributed by atoms with Crippen molar-refractivity contribution in [1.82, 2.24) is 9.97 Å². The van der Waals surface area contributed by atoms with Gasteiger partial charge in [0, 0.05) is 18.3 Å². The number of ether oxygens (including phenoxy) is 1. The van der Waals surface area contributed by atoms with Gasteiger partial charge in [-0.05, 0) is 18.8 Å². The van der Waals surface area contributed by atoms with Gasteiger partial charge in [-0.2, -0.15) is 0 Å². The Balaban J connectivity index is 2.56. The van der Waals surface area contributed by atoms with Crippen LogP contribution in [0.1, 0.15) is 32.3 Å².